The Kier molecular flexibility index (Phi) is 3.69. The molecule has 2 heterocycles. The van der Waals surface area contributed by atoms with Crippen molar-refractivity contribution < 1.29 is 8.83 Å². The zero-order valence-corrected chi connectivity index (χ0v) is 12.5. The van der Waals surface area contributed by atoms with Crippen LogP contribution in [0.1, 0.15) is 11.8 Å². The predicted molar refractivity (Wildman–Crippen MR) is 88.4 cm³/mol. The summed E-state index contributed by atoms with van der Waals surface area (Å²) in [7, 11) is 0. The molecule has 4 aromatic rings. The fraction of sp³-hybridized carbons (Fsp3) is 0. The standard InChI is InChI=1S/C18H12N4O2/c1-3-7-13(8-4-1)17-21-19-15(23-17)11-12-16-20-22-18(24-16)14-9-5-2-6-10-14/h1-12H/b12-11+. The van der Waals surface area contributed by atoms with Crippen LogP contribution in [0.5, 0.6) is 0 Å². The maximum Gasteiger partial charge on any atom is 0.248 e. The van der Waals surface area contributed by atoms with Crippen molar-refractivity contribution in [3.05, 3.63) is 72.4 Å². The van der Waals surface area contributed by atoms with Gasteiger partial charge in [-0.2, -0.15) is 0 Å². The molecule has 0 amide bonds. The summed E-state index contributed by atoms with van der Waals surface area (Å²) in [6.07, 6.45) is 3.28. The Morgan fingerprint density at radius 1 is 0.542 bits per heavy atom. The fourth-order valence-corrected chi connectivity index (χ4v) is 2.14. The second-order valence-corrected chi connectivity index (χ2v) is 4.96. The summed E-state index contributed by atoms with van der Waals surface area (Å²) in [5, 5.41) is 16.0. The van der Waals surface area contributed by atoms with Gasteiger partial charge >= 0.3 is 0 Å². The number of rotatable bonds is 4. The minimum absolute atomic E-state index is 0.369. The van der Waals surface area contributed by atoms with Crippen LogP contribution in [0.15, 0.2) is 69.5 Å². The lowest BCUT2D eigenvalue weighted by Crippen LogP contribution is -1.75. The third-order valence-corrected chi connectivity index (χ3v) is 3.29. The molecular weight excluding hydrogens is 304 g/mol. The number of hydrogen-bond donors (Lipinski definition) is 0. The van der Waals surface area contributed by atoms with Gasteiger partial charge in [0.25, 0.3) is 0 Å². The van der Waals surface area contributed by atoms with Crippen LogP contribution < -0.4 is 0 Å². The molecule has 116 valence electrons. The van der Waals surface area contributed by atoms with Crippen LogP contribution in [0.25, 0.3) is 35.1 Å². The Bertz CT molecular complexity index is 879. The number of benzene rings is 2. The minimum Gasteiger partial charge on any atom is -0.417 e. The zero-order valence-electron chi connectivity index (χ0n) is 12.5. The summed E-state index contributed by atoms with van der Waals surface area (Å²) < 4.78 is 11.2. The highest BCUT2D eigenvalue weighted by atomic mass is 16.4. The van der Waals surface area contributed by atoms with Gasteiger partial charge in [-0.15, -0.1) is 20.4 Å². The number of aromatic nitrogens is 4. The average molecular weight is 316 g/mol. The topological polar surface area (TPSA) is 77.8 Å². The number of nitrogens with zero attached hydrogens (tertiary/aromatic N) is 4. The summed E-state index contributed by atoms with van der Waals surface area (Å²) in [6.45, 7) is 0. The SMILES string of the molecule is C(=C\c1nnc(-c2ccccc2)o1)/c1nnc(-c2ccccc2)o1. The molecule has 0 bridgehead atoms. The van der Waals surface area contributed by atoms with Gasteiger partial charge in [-0.3, -0.25) is 0 Å². The lowest BCUT2D eigenvalue weighted by Gasteiger charge is -1.91. The highest BCUT2D eigenvalue weighted by Crippen LogP contribution is 2.19. The quantitative estimate of drug-likeness (QED) is 0.567. The minimum atomic E-state index is 0.369. The van der Waals surface area contributed by atoms with E-state index in [1.54, 1.807) is 12.2 Å². The Hall–Kier alpha value is -3.54. The largest absolute Gasteiger partial charge is 0.417 e. The summed E-state index contributed by atoms with van der Waals surface area (Å²) in [5.41, 5.74) is 1.74. The van der Waals surface area contributed by atoms with Crippen molar-refractivity contribution in [1.82, 2.24) is 20.4 Å². The molecule has 24 heavy (non-hydrogen) atoms. The first-order valence-electron chi connectivity index (χ1n) is 7.34. The molecule has 0 unspecified atom stereocenters. The van der Waals surface area contributed by atoms with Crippen LogP contribution in [-0.4, -0.2) is 20.4 Å². The van der Waals surface area contributed by atoms with Gasteiger partial charge in [-0.25, -0.2) is 0 Å². The molecule has 0 saturated carbocycles. The summed E-state index contributed by atoms with van der Waals surface area (Å²) >= 11 is 0. The molecular formula is C18H12N4O2. The molecule has 0 saturated heterocycles. The van der Waals surface area contributed by atoms with Crippen molar-refractivity contribution >= 4 is 12.2 Å². The summed E-state index contributed by atoms with van der Waals surface area (Å²) in [4.78, 5) is 0. The molecule has 0 fully saturated rings. The van der Waals surface area contributed by atoms with Crippen LogP contribution in [0, 0.1) is 0 Å². The first-order chi connectivity index (χ1) is 11.9. The van der Waals surface area contributed by atoms with Gasteiger partial charge in [0.05, 0.1) is 0 Å². The third kappa shape index (κ3) is 2.98. The molecule has 0 aliphatic heterocycles. The van der Waals surface area contributed by atoms with E-state index in [0.717, 1.165) is 11.1 Å². The normalized spacial score (nSPS) is 11.2. The van der Waals surface area contributed by atoms with E-state index in [2.05, 4.69) is 20.4 Å². The van der Waals surface area contributed by atoms with Crippen LogP contribution in [-0.2, 0) is 0 Å². The molecule has 6 nitrogen and oxygen atoms in total. The van der Waals surface area contributed by atoms with E-state index in [4.69, 9.17) is 8.83 Å². The van der Waals surface area contributed by atoms with E-state index in [0.29, 0.717) is 23.6 Å². The molecule has 2 aromatic carbocycles. The molecule has 0 N–H and O–H groups in total. The Morgan fingerprint density at radius 3 is 1.38 bits per heavy atom. The molecule has 0 aliphatic carbocycles. The van der Waals surface area contributed by atoms with Gasteiger partial charge in [-0.1, -0.05) is 36.4 Å². The fourth-order valence-electron chi connectivity index (χ4n) is 2.14. The molecule has 0 atom stereocenters. The summed E-state index contributed by atoms with van der Waals surface area (Å²) in [6, 6.07) is 19.2. The van der Waals surface area contributed by atoms with Crippen molar-refractivity contribution in [2.75, 3.05) is 0 Å². The third-order valence-electron chi connectivity index (χ3n) is 3.29. The van der Waals surface area contributed by atoms with E-state index < -0.39 is 0 Å². The van der Waals surface area contributed by atoms with Crippen LogP contribution in [0.2, 0.25) is 0 Å². The van der Waals surface area contributed by atoms with Crippen molar-refractivity contribution in [3.63, 3.8) is 0 Å². The van der Waals surface area contributed by atoms with Crippen molar-refractivity contribution in [1.29, 1.82) is 0 Å². The van der Waals surface area contributed by atoms with Crippen molar-refractivity contribution in [2.45, 2.75) is 0 Å². The zero-order chi connectivity index (χ0) is 16.2. The van der Waals surface area contributed by atoms with E-state index in [1.165, 1.54) is 0 Å². The van der Waals surface area contributed by atoms with E-state index in [1.807, 2.05) is 60.7 Å². The van der Waals surface area contributed by atoms with Crippen molar-refractivity contribution in [3.8, 4) is 22.9 Å². The smallest absolute Gasteiger partial charge is 0.248 e. The molecule has 0 aliphatic rings. The van der Waals surface area contributed by atoms with E-state index >= 15 is 0 Å². The lowest BCUT2D eigenvalue weighted by atomic mass is 10.2. The van der Waals surface area contributed by atoms with E-state index in [-0.39, 0.29) is 0 Å². The van der Waals surface area contributed by atoms with Gasteiger partial charge in [-0.05, 0) is 24.3 Å². The molecule has 0 radical (unpaired) electrons. The van der Waals surface area contributed by atoms with Crippen LogP contribution in [0.3, 0.4) is 0 Å². The van der Waals surface area contributed by atoms with E-state index in [9.17, 15) is 0 Å². The van der Waals surface area contributed by atoms with Gasteiger partial charge < -0.3 is 8.83 Å². The van der Waals surface area contributed by atoms with Gasteiger partial charge in [0.1, 0.15) is 0 Å². The molecule has 2 aromatic heterocycles. The Balaban J connectivity index is 1.52. The average Bonchev–Trinajstić information content (AvgIpc) is 3.31. The summed E-state index contributed by atoms with van der Waals surface area (Å²) in [5.74, 6) is 1.66. The monoisotopic (exact) mass is 316 g/mol. The Morgan fingerprint density at radius 2 is 0.958 bits per heavy atom. The number of hydrogen-bond acceptors (Lipinski definition) is 6. The second-order valence-electron chi connectivity index (χ2n) is 4.96. The Labute approximate surface area is 137 Å². The van der Waals surface area contributed by atoms with Gasteiger partial charge in [0.2, 0.25) is 23.6 Å². The molecule has 4 rings (SSSR count). The van der Waals surface area contributed by atoms with Crippen molar-refractivity contribution in [2.24, 2.45) is 0 Å². The highest BCUT2D eigenvalue weighted by molar-refractivity contribution is 5.63. The molecule has 6 heteroatoms. The lowest BCUT2D eigenvalue weighted by molar-refractivity contribution is 0.552. The maximum absolute atomic E-state index is 5.58. The maximum atomic E-state index is 5.58. The highest BCUT2D eigenvalue weighted by Gasteiger charge is 2.08. The van der Waals surface area contributed by atoms with Gasteiger partial charge in [0.15, 0.2) is 0 Å². The van der Waals surface area contributed by atoms with Crippen LogP contribution in [0.4, 0.5) is 0 Å². The second kappa shape index (κ2) is 6.29. The van der Waals surface area contributed by atoms with Gasteiger partial charge in [0, 0.05) is 23.3 Å². The first-order valence-corrected chi connectivity index (χ1v) is 7.34. The molecule has 0 spiro atoms. The van der Waals surface area contributed by atoms with Crippen LogP contribution >= 0.6 is 0 Å². The predicted octanol–water partition coefficient (Wildman–Crippen LogP) is 3.96. The first kappa shape index (κ1) is 14.1.